The lowest BCUT2D eigenvalue weighted by Gasteiger charge is -2.18. The molecule has 0 fully saturated rings. The summed E-state index contributed by atoms with van der Waals surface area (Å²) < 4.78 is 5.91. The van der Waals surface area contributed by atoms with Crippen LogP contribution in [0.1, 0.15) is 74.2 Å². The lowest BCUT2D eigenvalue weighted by molar-refractivity contribution is -0.255. The van der Waals surface area contributed by atoms with E-state index in [-0.39, 0.29) is 11.7 Å². The molecule has 0 bridgehead atoms. The molecule has 3 nitrogen and oxygen atoms in total. The zero-order valence-electron chi connectivity index (χ0n) is 14.8. The van der Waals surface area contributed by atoms with Crippen molar-refractivity contribution < 1.29 is 14.6 Å². The van der Waals surface area contributed by atoms with Gasteiger partial charge in [0.05, 0.1) is 12.1 Å². The topological polar surface area (TPSA) is 49.4 Å². The van der Waals surface area contributed by atoms with Gasteiger partial charge in [0.1, 0.15) is 0 Å². The summed E-state index contributed by atoms with van der Waals surface area (Å²) in [7, 11) is 0. The lowest BCUT2D eigenvalue weighted by Crippen LogP contribution is -2.26. The number of unbranched alkanes of at least 4 members (excludes halogenated alkanes) is 7. The monoisotopic (exact) mass is 397 g/mol. The highest BCUT2D eigenvalue weighted by Gasteiger charge is 2.11. The van der Waals surface area contributed by atoms with E-state index in [9.17, 15) is 9.90 Å². The van der Waals surface area contributed by atoms with E-state index in [1.54, 1.807) is 12.1 Å². The van der Waals surface area contributed by atoms with Crippen LogP contribution in [-0.2, 0) is 11.2 Å². The van der Waals surface area contributed by atoms with Crippen LogP contribution < -0.4 is 5.11 Å². The van der Waals surface area contributed by atoms with Gasteiger partial charge in [-0.05, 0) is 12.0 Å². The Morgan fingerprint density at radius 2 is 1.71 bits per heavy atom. The third-order valence-electron chi connectivity index (χ3n) is 4.21. The number of benzene rings is 1. The number of carbonyl (C=O) groups excluding carboxylic acids is 1. The van der Waals surface area contributed by atoms with Crippen molar-refractivity contribution in [3.63, 3.8) is 0 Å². The summed E-state index contributed by atoms with van der Waals surface area (Å²) in [6.45, 7) is 2.97. The third kappa shape index (κ3) is 8.84. The molecule has 4 heteroatoms. The van der Waals surface area contributed by atoms with E-state index in [1.807, 2.05) is 12.1 Å². The highest BCUT2D eigenvalue weighted by molar-refractivity contribution is 9.09. The first-order valence-electron chi connectivity index (χ1n) is 9.15. The lowest BCUT2D eigenvalue weighted by atomic mass is 10.0. The maximum absolute atomic E-state index is 11.2. The predicted octanol–water partition coefficient (Wildman–Crippen LogP) is 4.51. The number of aromatic carboxylic acids is 1. The molecular formula is C20H30BrO3-. The molecule has 1 aromatic carbocycles. The average molecular weight is 398 g/mol. The van der Waals surface area contributed by atoms with Crippen LogP contribution in [0.25, 0.3) is 0 Å². The first-order valence-corrected chi connectivity index (χ1v) is 10.3. The average Bonchev–Trinajstić information content (AvgIpc) is 2.59. The van der Waals surface area contributed by atoms with Crippen molar-refractivity contribution in [3.05, 3.63) is 35.4 Å². The molecule has 0 saturated heterocycles. The van der Waals surface area contributed by atoms with Gasteiger partial charge in [0.15, 0.2) is 0 Å². The molecule has 0 aromatic heterocycles. The minimum Gasteiger partial charge on any atom is -0.545 e. The summed E-state index contributed by atoms with van der Waals surface area (Å²) >= 11 is 3.46. The minimum atomic E-state index is -1.12. The van der Waals surface area contributed by atoms with Crippen LogP contribution in [-0.4, -0.2) is 24.0 Å². The summed E-state index contributed by atoms with van der Waals surface area (Å²) in [6.07, 6.45) is 10.8. The van der Waals surface area contributed by atoms with Crippen LogP contribution in [0.15, 0.2) is 24.3 Å². The standard InChI is InChI=1S/C20H31BrO3/c1-2-3-4-5-6-7-8-11-14-24-18(16-21)15-17-12-9-10-13-19(17)20(22)23/h9-10,12-13,18H,2-8,11,14-16H2,1H3,(H,22,23)/p-1. The summed E-state index contributed by atoms with van der Waals surface area (Å²) in [6, 6.07) is 7.00. The fourth-order valence-electron chi connectivity index (χ4n) is 2.79. The van der Waals surface area contributed by atoms with Crippen LogP contribution in [0.4, 0.5) is 0 Å². The number of alkyl halides is 1. The van der Waals surface area contributed by atoms with Crippen LogP contribution >= 0.6 is 15.9 Å². The van der Waals surface area contributed by atoms with E-state index >= 15 is 0 Å². The Kier molecular flexibility index (Phi) is 11.8. The zero-order chi connectivity index (χ0) is 17.6. The first-order chi connectivity index (χ1) is 11.7. The van der Waals surface area contributed by atoms with Crippen molar-refractivity contribution in [2.24, 2.45) is 0 Å². The molecule has 136 valence electrons. The van der Waals surface area contributed by atoms with Gasteiger partial charge < -0.3 is 14.6 Å². The van der Waals surface area contributed by atoms with E-state index in [0.717, 1.165) is 18.6 Å². The van der Waals surface area contributed by atoms with E-state index < -0.39 is 5.97 Å². The van der Waals surface area contributed by atoms with E-state index in [1.165, 1.54) is 44.9 Å². The van der Waals surface area contributed by atoms with Gasteiger partial charge in [0.2, 0.25) is 0 Å². The number of carboxylic acid groups (broad SMARTS) is 1. The Labute approximate surface area is 154 Å². The highest BCUT2D eigenvalue weighted by atomic mass is 79.9. The highest BCUT2D eigenvalue weighted by Crippen LogP contribution is 2.14. The Morgan fingerprint density at radius 3 is 2.33 bits per heavy atom. The Balaban J connectivity index is 2.23. The third-order valence-corrected chi connectivity index (χ3v) is 4.93. The molecule has 0 amide bonds. The van der Waals surface area contributed by atoms with Gasteiger partial charge in [-0.15, -0.1) is 0 Å². The molecule has 0 heterocycles. The first kappa shape index (κ1) is 21.2. The van der Waals surface area contributed by atoms with Gasteiger partial charge in [-0.2, -0.15) is 0 Å². The number of hydrogen-bond donors (Lipinski definition) is 0. The fraction of sp³-hybridized carbons (Fsp3) is 0.650. The number of rotatable bonds is 14. The molecule has 0 saturated carbocycles. The van der Waals surface area contributed by atoms with E-state index in [4.69, 9.17) is 4.74 Å². The molecule has 0 radical (unpaired) electrons. The molecule has 1 rings (SSSR count). The normalized spacial score (nSPS) is 12.2. The molecule has 0 N–H and O–H groups in total. The van der Waals surface area contributed by atoms with Crippen LogP contribution in [0.5, 0.6) is 0 Å². The van der Waals surface area contributed by atoms with Crippen molar-refractivity contribution in [1.82, 2.24) is 0 Å². The predicted molar refractivity (Wildman–Crippen MR) is 101 cm³/mol. The largest absolute Gasteiger partial charge is 0.545 e. The molecule has 0 aliphatic rings. The van der Waals surface area contributed by atoms with Crippen LogP contribution in [0.3, 0.4) is 0 Å². The molecular weight excluding hydrogens is 368 g/mol. The minimum absolute atomic E-state index is 0.00458. The molecule has 24 heavy (non-hydrogen) atoms. The maximum Gasteiger partial charge on any atom is 0.0718 e. The molecule has 1 unspecified atom stereocenters. The zero-order valence-corrected chi connectivity index (χ0v) is 16.4. The Bertz CT molecular complexity index is 462. The summed E-state index contributed by atoms with van der Waals surface area (Å²) in [5.41, 5.74) is 1.04. The summed E-state index contributed by atoms with van der Waals surface area (Å²) in [4.78, 5) is 11.2. The second kappa shape index (κ2) is 13.4. The molecule has 0 aliphatic heterocycles. The number of carboxylic acids is 1. The fourth-order valence-corrected chi connectivity index (χ4v) is 3.20. The smallest absolute Gasteiger partial charge is 0.0718 e. The maximum atomic E-state index is 11.2. The van der Waals surface area contributed by atoms with Gasteiger partial charge in [0, 0.05) is 23.9 Å². The van der Waals surface area contributed by atoms with Crippen molar-refractivity contribution in [3.8, 4) is 0 Å². The van der Waals surface area contributed by atoms with Crippen molar-refractivity contribution in [1.29, 1.82) is 0 Å². The second-order valence-electron chi connectivity index (χ2n) is 6.27. The molecule has 1 aromatic rings. The van der Waals surface area contributed by atoms with Gasteiger partial charge in [0.25, 0.3) is 0 Å². The van der Waals surface area contributed by atoms with E-state index in [2.05, 4.69) is 22.9 Å². The second-order valence-corrected chi connectivity index (χ2v) is 6.92. The van der Waals surface area contributed by atoms with Gasteiger partial charge >= 0.3 is 0 Å². The summed E-state index contributed by atoms with van der Waals surface area (Å²) in [5, 5.41) is 11.9. The van der Waals surface area contributed by atoms with Crippen molar-refractivity contribution in [2.45, 2.75) is 70.8 Å². The van der Waals surface area contributed by atoms with E-state index in [0.29, 0.717) is 11.8 Å². The number of carbonyl (C=O) groups is 1. The molecule has 1 atom stereocenters. The Hall–Kier alpha value is -0.870. The van der Waals surface area contributed by atoms with Crippen LogP contribution in [0.2, 0.25) is 0 Å². The van der Waals surface area contributed by atoms with Gasteiger partial charge in [-0.25, -0.2) is 0 Å². The molecule has 0 spiro atoms. The molecule has 0 aliphatic carbocycles. The number of hydrogen-bond acceptors (Lipinski definition) is 3. The number of halogens is 1. The summed E-state index contributed by atoms with van der Waals surface area (Å²) in [5.74, 6) is -1.12. The van der Waals surface area contributed by atoms with Gasteiger partial charge in [-0.3, -0.25) is 0 Å². The van der Waals surface area contributed by atoms with Crippen molar-refractivity contribution >= 4 is 21.9 Å². The SMILES string of the molecule is CCCCCCCCCCOC(CBr)Cc1ccccc1C(=O)[O-]. The Morgan fingerprint density at radius 1 is 1.08 bits per heavy atom. The van der Waals surface area contributed by atoms with Crippen LogP contribution in [0, 0.1) is 0 Å². The van der Waals surface area contributed by atoms with Crippen molar-refractivity contribution in [2.75, 3.05) is 11.9 Å². The number of ether oxygens (including phenoxy) is 1. The quantitative estimate of drug-likeness (QED) is 0.342. The van der Waals surface area contributed by atoms with Gasteiger partial charge in [-0.1, -0.05) is 92.1 Å².